The zero-order chi connectivity index (χ0) is 15.2. The molecular formula is C16H15BrN2O2. The summed E-state index contributed by atoms with van der Waals surface area (Å²) in [7, 11) is 0. The minimum absolute atomic E-state index is 0.291. The van der Waals surface area contributed by atoms with E-state index < -0.39 is 0 Å². The maximum absolute atomic E-state index is 11.9. The van der Waals surface area contributed by atoms with Gasteiger partial charge in [0.15, 0.2) is 0 Å². The van der Waals surface area contributed by atoms with Crippen molar-refractivity contribution in [2.45, 2.75) is 13.8 Å². The van der Waals surface area contributed by atoms with E-state index >= 15 is 0 Å². The van der Waals surface area contributed by atoms with Crippen molar-refractivity contribution in [3.8, 4) is 0 Å². The fraction of sp³-hybridized carbons (Fsp3) is 0.125. The van der Waals surface area contributed by atoms with Crippen molar-refractivity contribution in [2.75, 3.05) is 0 Å². The van der Waals surface area contributed by atoms with E-state index in [0.29, 0.717) is 17.1 Å². The molecule has 108 valence electrons. The molecular weight excluding hydrogens is 332 g/mol. The van der Waals surface area contributed by atoms with Gasteiger partial charge in [-0.15, -0.1) is 0 Å². The second-order valence-corrected chi connectivity index (χ2v) is 5.38. The molecule has 0 fully saturated rings. The first kappa shape index (κ1) is 15.3. The zero-order valence-electron chi connectivity index (χ0n) is 11.8. The van der Waals surface area contributed by atoms with Gasteiger partial charge >= 0.3 is 0 Å². The van der Waals surface area contributed by atoms with E-state index in [9.17, 15) is 4.79 Å². The van der Waals surface area contributed by atoms with E-state index in [1.165, 1.54) is 6.21 Å². The topological polar surface area (TPSA) is 54.6 Å². The molecule has 2 aromatic rings. The standard InChI is InChI=1S/C16H15BrN2O2/c1-11-8-15(12(2)21-11)16(20)19-18-10-14(17)9-13-6-4-3-5-7-13/h3-10H,1-2H3,(H,19,20)/b14-9+,18-10+. The molecule has 0 unspecified atom stereocenters. The van der Waals surface area contributed by atoms with Crippen LogP contribution in [0.15, 0.2) is 50.4 Å². The lowest BCUT2D eigenvalue weighted by Crippen LogP contribution is -2.17. The summed E-state index contributed by atoms with van der Waals surface area (Å²) in [5.74, 6) is 0.992. The van der Waals surface area contributed by atoms with E-state index in [0.717, 1.165) is 10.0 Å². The normalized spacial score (nSPS) is 11.9. The Hall–Kier alpha value is -2.14. The van der Waals surface area contributed by atoms with Gasteiger partial charge in [0.1, 0.15) is 11.5 Å². The van der Waals surface area contributed by atoms with Gasteiger partial charge in [-0.3, -0.25) is 4.79 Å². The van der Waals surface area contributed by atoms with Gasteiger partial charge in [-0.1, -0.05) is 30.3 Å². The predicted octanol–water partition coefficient (Wildman–Crippen LogP) is 4.05. The van der Waals surface area contributed by atoms with Crippen LogP contribution in [-0.2, 0) is 0 Å². The lowest BCUT2D eigenvalue weighted by molar-refractivity contribution is 0.0953. The monoisotopic (exact) mass is 346 g/mol. The number of nitrogens with one attached hydrogen (secondary N) is 1. The van der Waals surface area contributed by atoms with Crippen molar-refractivity contribution < 1.29 is 9.21 Å². The summed E-state index contributed by atoms with van der Waals surface area (Å²) in [5, 5.41) is 3.91. The highest BCUT2D eigenvalue weighted by Crippen LogP contribution is 2.13. The lowest BCUT2D eigenvalue weighted by Gasteiger charge is -1.97. The Balaban J connectivity index is 1.97. The van der Waals surface area contributed by atoms with Crippen LogP contribution in [0.5, 0.6) is 0 Å². The fourth-order valence-electron chi connectivity index (χ4n) is 1.81. The molecule has 0 aliphatic carbocycles. The molecule has 0 aliphatic heterocycles. The molecule has 0 spiro atoms. The van der Waals surface area contributed by atoms with Gasteiger partial charge in [0.2, 0.25) is 0 Å². The first-order chi connectivity index (χ1) is 10.1. The average molecular weight is 347 g/mol. The van der Waals surface area contributed by atoms with Crippen molar-refractivity contribution in [1.29, 1.82) is 0 Å². The van der Waals surface area contributed by atoms with E-state index in [4.69, 9.17) is 4.42 Å². The summed E-state index contributed by atoms with van der Waals surface area (Å²) >= 11 is 3.38. The van der Waals surface area contributed by atoms with Crippen LogP contribution in [0.3, 0.4) is 0 Å². The van der Waals surface area contributed by atoms with Gasteiger partial charge < -0.3 is 4.42 Å². The summed E-state index contributed by atoms with van der Waals surface area (Å²) in [4.78, 5) is 11.9. The van der Waals surface area contributed by atoms with Gasteiger partial charge in [-0.2, -0.15) is 5.10 Å². The maximum atomic E-state index is 11.9. The second kappa shape index (κ2) is 7.04. The molecule has 1 N–H and O–H groups in total. The number of furan rings is 1. The summed E-state index contributed by atoms with van der Waals surface area (Å²) in [6.45, 7) is 3.54. The number of hydrogen-bond acceptors (Lipinski definition) is 3. The first-order valence-corrected chi connectivity index (χ1v) is 7.18. The molecule has 0 radical (unpaired) electrons. The number of benzene rings is 1. The Kier molecular flexibility index (Phi) is 5.11. The molecule has 0 saturated carbocycles. The summed E-state index contributed by atoms with van der Waals surface area (Å²) in [5.41, 5.74) is 4.01. The van der Waals surface area contributed by atoms with Gasteiger partial charge in [0.05, 0.1) is 11.8 Å². The molecule has 4 nitrogen and oxygen atoms in total. The third kappa shape index (κ3) is 4.43. The van der Waals surface area contributed by atoms with Crippen molar-refractivity contribution in [3.63, 3.8) is 0 Å². The molecule has 0 saturated heterocycles. The van der Waals surface area contributed by atoms with Crippen LogP contribution in [-0.4, -0.2) is 12.1 Å². The van der Waals surface area contributed by atoms with E-state index in [1.807, 2.05) is 36.4 Å². The summed E-state index contributed by atoms with van der Waals surface area (Å²) in [6, 6.07) is 11.5. The molecule has 21 heavy (non-hydrogen) atoms. The molecule has 0 aliphatic rings. The van der Waals surface area contributed by atoms with Crippen LogP contribution in [0.4, 0.5) is 0 Å². The minimum atomic E-state index is -0.291. The third-order valence-electron chi connectivity index (χ3n) is 2.74. The Morgan fingerprint density at radius 1 is 1.29 bits per heavy atom. The predicted molar refractivity (Wildman–Crippen MR) is 87.5 cm³/mol. The van der Waals surface area contributed by atoms with Gasteiger partial charge in [0.25, 0.3) is 5.91 Å². The van der Waals surface area contributed by atoms with Crippen molar-refractivity contribution >= 4 is 34.1 Å². The third-order valence-corrected chi connectivity index (χ3v) is 3.18. The smallest absolute Gasteiger partial charge is 0.274 e. The van der Waals surface area contributed by atoms with E-state index in [1.54, 1.807) is 19.9 Å². The number of carbonyl (C=O) groups excluding carboxylic acids is 1. The van der Waals surface area contributed by atoms with Crippen LogP contribution in [0, 0.1) is 13.8 Å². The van der Waals surface area contributed by atoms with Crippen LogP contribution >= 0.6 is 15.9 Å². The first-order valence-electron chi connectivity index (χ1n) is 6.39. The van der Waals surface area contributed by atoms with Gasteiger partial charge in [-0.25, -0.2) is 5.43 Å². The Bertz CT molecular complexity index is 688. The van der Waals surface area contributed by atoms with Crippen LogP contribution in [0.1, 0.15) is 27.4 Å². The second-order valence-electron chi connectivity index (χ2n) is 4.47. The number of halogens is 1. The molecule has 0 bridgehead atoms. The van der Waals surface area contributed by atoms with Crippen molar-refractivity contribution in [3.05, 3.63) is 63.5 Å². The van der Waals surface area contributed by atoms with Gasteiger partial charge in [-0.05, 0) is 47.5 Å². The number of allylic oxidation sites excluding steroid dienone is 1. The number of amides is 1. The van der Waals surface area contributed by atoms with Crippen LogP contribution < -0.4 is 5.43 Å². The zero-order valence-corrected chi connectivity index (χ0v) is 13.3. The molecule has 5 heteroatoms. The number of hydrogen-bond donors (Lipinski definition) is 1. The largest absolute Gasteiger partial charge is 0.466 e. The molecule has 2 rings (SSSR count). The highest BCUT2D eigenvalue weighted by Gasteiger charge is 2.12. The average Bonchev–Trinajstić information content (AvgIpc) is 2.79. The number of aryl methyl sites for hydroxylation is 2. The van der Waals surface area contributed by atoms with Crippen LogP contribution in [0.25, 0.3) is 6.08 Å². The maximum Gasteiger partial charge on any atom is 0.274 e. The number of nitrogens with zero attached hydrogens (tertiary/aromatic N) is 1. The fourth-order valence-corrected chi connectivity index (χ4v) is 2.18. The van der Waals surface area contributed by atoms with E-state index in [-0.39, 0.29) is 5.91 Å². The minimum Gasteiger partial charge on any atom is -0.466 e. The number of rotatable bonds is 4. The lowest BCUT2D eigenvalue weighted by atomic mass is 10.2. The Morgan fingerprint density at radius 3 is 2.62 bits per heavy atom. The molecule has 1 heterocycles. The molecule has 1 amide bonds. The van der Waals surface area contributed by atoms with Crippen LogP contribution in [0.2, 0.25) is 0 Å². The molecule has 1 aromatic heterocycles. The van der Waals surface area contributed by atoms with Gasteiger partial charge in [0, 0.05) is 4.48 Å². The van der Waals surface area contributed by atoms with E-state index in [2.05, 4.69) is 26.5 Å². The molecule has 0 atom stereocenters. The Morgan fingerprint density at radius 2 is 2.00 bits per heavy atom. The Labute approximate surface area is 131 Å². The SMILES string of the molecule is Cc1cc(C(=O)N/N=C/C(Br)=C\c2ccccc2)c(C)o1. The number of carbonyl (C=O) groups is 1. The summed E-state index contributed by atoms with van der Waals surface area (Å²) in [6.07, 6.45) is 3.44. The number of hydrazone groups is 1. The molecule has 1 aromatic carbocycles. The van der Waals surface area contributed by atoms with Crippen molar-refractivity contribution in [1.82, 2.24) is 5.43 Å². The quantitative estimate of drug-likeness (QED) is 0.670. The van der Waals surface area contributed by atoms with Crippen molar-refractivity contribution in [2.24, 2.45) is 5.10 Å². The highest BCUT2D eigenvalue weighted by atomic mass is 79.9. The highest BCUT2D eigenvalue weighted by molar-refractivity contribution is 9.12. The summed E-state index contributed by atoms with van der Waals surface area (Å²) < 4.78 is 6.07.